The van der Waals surface area contributed by atoms with Gasteiger partial charge in [-0.15, -0.1) is 0 Å². The number of hydrogen-bond donors (Lipinski definition) is 0. The number of aromatic nitrogens is 1. The molecule has 35 heavy (non-hydrogen) atoms. The zero-order valence-electron chi connectivity index (χ0n) is 21.3. The molecular formula is C31H39NO3. The maximum absolute atomic E-state index is 12.5. The molecule has 3 aromatic rings. The number of ether oxygens (including phenoxy) is 2. The van der Waals surface area contributed by atoms with E-state index in [1.807, 2.05) is 54.6 Å². The van der Waals surface area contributed by atoms with Crippen LogP contribution in [0.15, 0.2) is 66.9 Å². The third kappa shape index (κ3) is 9.20. The Morgan fingerprint density at radius 2 is 1.37 bits per heavy atom. The minimum Gasteiger partial charge on any atom is -0.494 e. The molecule has 1 heterocycles. The first-order valence-electron chi connectivity index (χ1n) is 13.2. The Labute approximate surface area is 210 Å². The lowest BCUT2D eigenvalue weighted by atomic mass is 10.1. The fourth-order valence-corrected chi connectivity index (χ4v) is 3.96. The van der Waals surface area contributed by atoms with Crippen molar-refractivity contribution >= 4 is 5.97 Å². The summed E-state index contributed by atoms with van der Waals surface area (Å²) in [5.41, 5.74) is 3.61. The molecule has 0 radical (unpaired) electrons. The smallest absolute Gasteiger partial charge is 0.343 e. The van der Waals surface area contributed by atoms with Crippen molar-refractivity contribution < 1.29 is 14.3 Å². The standard InChI is InChI=1S/C31H39NO3/c1-3-5-7-8-9-11-23-34-28-19-17-26(18-20-28)30-22-21-29(24-32-30)35-31(33)27-15-13-25(14-16-27)12-10-6-4-2/h13-22,24H,3-12,23H2,1-2H3. The number of nitrogens with zero attached hydrogens (tertiary/aromatic N) is 1. The SMILES string of the molecule is CCCCCCCCOc1ccc(-c2ccc(OC(=O)c3ccc(CCCCC)cc3)cn2)cc1. The monoisotopic (exact) mass is 473 g/mol. The Morgan fingerprint density at radius 3 is 2.06 bits per heavy atom. The predicted molar refractivity (Wildman–Crippen MR) is 143 cm³/mol. The quantitative estimate of drug-likeness (QED) is 0.164. The van der Waals surface area contributed by atoms with E-state index in [9.17, 15) is 4.79 Å². The van der Waals surface area contributed by atoms with E-state index >= 15 is 0 Å². The van der Waals surface area contributed by atoms with Gasteiger partial charge >= 0.3 is 5.97 Å². The van der Waals surface area contributed by atoms with Crippen molar-refractivity contribution in [3.8, 4) is 22.8 Å². The third-order valence-electron chi connectivity index (χ3n) is 6.12. The first-order valence-corrected chi connectivity index (χ1v) is 13.2. The minimum absolute atomic E-state index is 0.369. The molecule has 4 heteroatoms. The van der Waals surface area contributed by atoms with Gasteiger partial charge in [-0.3, -0.25) is 4.98 Å². The summed E-state index contributed by atoms with van der Waals surface area (Å²) in [6.45, 7) is 5.19. The molecular weight excluding hydrogens is 434 g/mol. The molecule has 2 aromatic carbocycles. The number of unbranched alkanes of at least 4 members (excludes halogenated alkanes) is 7. The lowest BCUT2D eigenvalue weighted by Gasteiger charge is -2.08. The van der Waals surface area contributed by atoms with Crippen molar-refractivity contribution in [3.05, 3.63) is 78.0 Å². The van der Waals surface area contributed by atoms with Crippen LogP contribution in [-0.4, -0.2) is 17.6 Å². The van der Waals surface area contributed by atoms with Crippen LogP contribution in [0.4, 0.5) is 0 Å². The van der Waals surface area contributed by atoms with Crippen LogP contribution in [0.1, 0.15) is 87.6 Å². The van der Waals surface area contributed by atoms with E-state index in [0.29, 0.717) is 11.3 Å². The third-order valence-corrected chi connectivity index (χ3v) is 6.12. The summed E-state index contributed by atoms with van der Waals surface area (Å²) in [6, 6.07) is 19.3. The molecule has 0 spiro atoms. The van der Waals surface area contributed by atoms with Gasteiger partial charge in [-0.1, -0.05) is 70.9 Å². The number of hydrogen-bond acceptors (Lipinski definition) is 4. The van der Waals surface area contributed by atoms with Gasteiger partial charge in [-0.05, 0) is 73.4 Å². The van der Waals surface area contributed by atoms with Crippen LogP contribution in [-0.2, 0) is 6.42 Å². The van der Waals surface area contributed by atoms with E-state index in [4.69, 9.17) is 9.47 Å². The average molecular weight is 474 g/mol. The summed E-state index contributed by atoms with van der Waals surface area (Å²) >= 11 is 0. The fourth-order valence-electron chi connectivity index (χ4n) is 3.96. The van der Waals surface area contributed by atoms with Crippen LogP contribution >= 0.6 is 0 Å². The van der Waals surface area contributed by atoms with Crippen molar-refractivity contribution in [2.45, 2.75) is 78.1 Å². The summed E-state index contributed by atoms with van der Waals surface area (Å²) in [7, 11) is 0. The van der Waals surface area contributed by atoms with Crippen molar-refractivity contribution in [2.75, 3.05) is 6.61 Å². The van der Waals surface area contributed by atoms with E-state index in [-0.39, 0.29) is 5.97 Å². The lowest BCUT2D eigenvalue weighted by molar-refractivity contribution is 0.0734. The highest BCUT2D eigenvalue weighted by molar-refractivity contribution is 5.91. The van der Waals surface area contributed by atoms with Gasteiger partial charge in [0, 0.05) is 5.56 Å². The largest absolute Gasteiger partial charge is 0.494 e. The Bertz CT molecular complexity index is 995. The summed E-state index contributed by atoms with van der Waals surface area (Å²) in [5, 5.41) is 0. The second kappa shape index (κ2) is 15.0. The van der Waals surface area contributed by atoms with E-state index in [0.717, 1.165) is 36.5 Å². The summed E-state index contributed by atoms with van der Waals surface area (Å²) < 4.78 is 11.4. The summed E-state index contributed by atoms with van der Waals surface area (Å²) in [4.78, 5) is 17.0. The second-order valence-electron chi connectivity index (χ2n) is 9.06. The van der Waals surface area contributed by atoms with E-state index in [1.165, 1.54) is 56.9 Å². The minimum atomic E-state index is -0.369. The average Bonchev–Trinajstić information content (AvgIpc) is 2.89. The topological polar surface area (TPSA) is 48.4 Å². The van der Waals surface area contributed by atoms with Gasteiger partial charge < -0.3 is 9.47 Å². The Hall–Kier alpha value is -3.14. The highest BCUT2D eigenvalue weighted by atomic mass is 16.5. The van der Waals surface area contributed by atoms with Crippen LogP contribution in [0.3, 0.4) is 0 Å². The molecule has 0 aliphatic rings. The van der Waals surface area contributed by atoms with Crippen LogP contribution in [0.2, 0.25) is 0 Å². The van der Waals surface area contributed by atoms with Crippen LogP contribution in [0.25, 0.3) is 11.3 Å². The highest BCUT2D eigenvalue weighted by Crippen LogP contribution is 2.23. The van der Waals surface area contributed by atoms with Gasteiger partial charge in [-0.25, -0.2) is 4.79 Å². The molecule has 0 N–H and O–H groups in total. The highest BCUT2D eigenvalue weighted by Gasteiger charge is 2.10. The Morgan fingerprint density at radius 1 is 0.714 bits per heavy atom. The number of aryl methyl sites for hydroxylation is 1. The molecule has 186 valence electrons. The van der Waals surface area contributed by atoms with Gasteiger partial charge in [-0.2, -0.15) is 0 Å². The van der Waals surface area contributed by atoms with E-state index in [1.54, 1.807) is 12.3 Å². The van der Waals surface area contributed by atoms with Gasteiger partial charge in [0.05, 0.1) is 24.1 Å². The number of carbonyl (C=O) groups excluding carboxylic acids is 1. The maximum atomic E-state index is 12.5. The predicted octanol–water partition coefficient (Wildman–Crippen LogP) is 8.44. The van der Waals surface area contributed by atoms with Crippen molar-refractivity contribution in [2.24, 2.45) is 0 Å². The fraction of sp³-hybridized carbons (Fsp3) is 0.419. The molecule has 0 aliphatic heterocycles. The number of esters is 1. The second-order valence-corrected chi connectivity index (χ2v) is 9.06. The normalized spacial score (nSPS) is 10.8. The molecule has 1 aromatic heterocycles. The van der Waals surface area contributed by atoms with Gasteiger partial charge in [0.25, 0.3) is 0 Å². The molecule has 0 bridgehead atoms. The Kier molecular flexibility index (Phi) is 11.3. The van der Waals surface area contributed by atoms with Crippen LogP contribution < -0.4 is 9.47 Å². The molecule has 3 rings (SSSR count). The number of carbonyl (C=O) groups is 1. The molecule has 0 amide bonds. The molecule has 0 saturated heterocycles. The van der Waals surface area contributed by atoms with Crippen LogP contribution in [0.5, 0.6) is 11.5 Å². The zero-order valence-corrected chi connectivity index (χ0v) is 21.3. The molecule has 4 nitrogen and oxygen atoms in total. The summed E-state index contributed by atoms with van der Waals surface area (Å²) in [5.74, 6) is 0.945. The Balaban J connectivity index is 1.45. The van der Waals surface area contributed by atoms with Crippen molar-refractivity contribution in [3.63, 3.8) is 0 Å². The van der Waals surface area contributed by atoms with Gasteiger partial charge in [0.1, 0.15) is 11.5 Å². The molecule has 0 unspecified atom stereocenters. The van der Waals surface area contributed by atoms with E-state index < -0.39 is 0 Å². The number of benzene rings is 2. The first-order chi connectivity index (χ1) is 17.2. The zero-order chi connectivity index (χ0) is 24.7. The molecule has 0 aliphatic carbocycles. The van der Waals surface area contributed by atoms with Crippen LogP contribution in [0, 0.1) is 0 Å². The molecule has 0 fully saturated rings. The molecule has 0 saturated carbocycles. The van der Waals surface area contributed by atoms with Crippen molar-refractivity contribution in [1.82, 2.24) is 4.98 Å². The van der Waals surface area contributed by atoms with Gasteiger partial charge in [0.15, 0.2) is 0 Å². The van der Waals surface area contributed by atoms with Crippen molar-refractivity contribution in [1.29, 1.82) is 0 Å². The summed E-state index contributed by atoms with van der Waals surface area (Å²) in [6.07, 6.45) is 13.8. The maximum Gasteiger partial charge on any atom is 0.343 e. The molecule has 0 atom stereocenters. The van der Waals surface area contributed by atoms with E-state index in [2.05, 4.69) is 18.8 Å². The lowest BCUT2D eigenvalue weighted by Crippen LogP contribution is -2.08. The van der Waals surface area contributed by atoms with Gasteiger partial charge in [0.2, 0.25) is 0 Å². The number of pyridine rings is 1. The first kappa shape index (κ1) is 26.5. The number of rotatable bonds is 15.